The molecular formula is C17H16N4. The Kier molecular flexibility index (Phi) is 3.87. The zero-order chi connectivity index (χ0) is 14.5. The van der Waals surface area contributed by atoms with Crippen LogP contribution in [0, 0.1) is 0 Å². The summed E-state index contributed by atoms with van der Waals surface area (Å²) in [5, 5.41) is 3.25. The van der Waals surface area contributed by atoms with Gasteiger partial charge in [0.05, 0.1) is 5.69 Å². The Morgan fingerprint density at radius 3 is 2.43 bits per heavy atom. The lowest BCUT2D eigenvalue weighted by molar-refractivity contribution is 1.10. The van der Waals surface area contributed by atoms with Crippen LogP contribution >= 0.6 is 0 Å². The van der Waals surface area contributed by atoms with E-state index in [1.807, 2.05) is 61.5 Å². The van der Waals surface area contributed by atoms with Crippen molar-refractivity contribution in [2.45, 2.75) is 6.92 Å². The third kappa shape index (κ3) is 3.05. The number of anilines is 1. The fraction of sp³-hybridized carbons (Fsp3) is 0.118. The normalized spacial score (nSPS) is 10.3. The van der Waals surface area contributed by atoms with Crippen molar-refractivity contribution in [1.82, 2.24) is 15.0 Å². The highest BCUT2D eigenvalue weighted by Crippen LogP contribution is 2.23. The molecule has 0 saturated carbocycles. The average molecular weight is 276 g/mol. The molecule has 3 aromatic rings. The maximum Gasteiger partial charge on any atom is 0.180 e. The Morgan fingerprint density at radius 1 is 0.905 bits per heavy atom. The SMILES string of the molecule is CCNc1cc(-c2ccccc2)nc(-c2ccccn2)n1. The Morgan fingerprint density at radius 2 is 1.71 bits per heavy atom. The molecule has 4 heteroatoms. The fourth-order valence-corrected chi connectivity index (χ4v) is 2.09. The molecule has 0 bridgehead atoms. The highest BCUT2D eigenvalue weighted by molar-refractivity contribution is 5.66. The molecule has 0 saturated heterocycles. The van der Waals surface area contributed by atoms with Crippen molar-refractivity contribution in [3.8, 4) is 22.8 Å². The predicted octanol–water partition coefficient (Wildman–Crippen LogP) is 3.64. The molecule has 0 aliphatic rings. The van der Waals surface area contributed by atoms with Gasteiger partial charge in [0.2, 0.25) is 0 Å². The molecule has 2 heterocycles. The van der Waals surface area contributed by atoms with Gasteiger partial charge >= 0.3 is 0 Å². The lowest BCUT2D eigenvalue weighted by Crippen LogP contribution is -2.03. The molecule has 0 unspecified atom stereocenters. The molecule has 3 rings (SSSR count). The summed E-state index contributed by atoms with van der Waals surface area (Å²) < 4.78 is 0. The van der Waals surface area contributed by atoms with Gasteiger partial charge < -0.3 is 5.32 Å². The summed E-state index contributed by atoms with van der Waals surface area (Å²) >= 11 is 0. The molecule has 1 N–H and O–H groups in total. The van der Waals surface area contributed by atoms with E-state index >= 15 is 0 Å². The molecular weight excluding hydrogens is 260 g/mol. The van der Waals surface area contributed by atoms with E-state index < -0.39 is 0 Å². The first-order valence-electron chi connectivity index (χ1n) is 6.96. The molecule has 0 radical (unpaired) electrons. The Balaban J connectivity index is 2.11. The van der Waals surface area contributed by atoms with Crippen molar-refractivity contribution in [3.63, 3.8) is 0 Å². The third-order valence-electron chi connectivity index (χ3n) is 3.05. The highest BCUT2D eigenvalue weighted by atomic mass is 15.0. The second kappa shape index (κ2) is 6.13. The first-order chi connectivity index (χ1) is 10.4. The number of nitrogens with one attached hydrogen (secondary N) is 1. The van der Waals surface area contributed by atoms with E-state index in [1.54, 1.807) is 6.20 Å². The van der Waals surface area contributed by atoms with Crippen LogP contribution in [-0.4, -0.2) is 21.5 Å². The van der Waals surface area contributed by atoms with Crippen LogP contribution in [0.15, 0.2) is 60.8 Å². The van der Waals surface area contributed by atoms with E-state index in [0.29, 0.717) is 5.82 Å². The topological polar surface area (TPSA) is 50.7 Å². The molecule has 0 aliphatic carbocycles. The first-order valence-corrected chi connectivity index (χ1v) is 6.96. The quantitative estimate of drug-likeness (QED) is 0.790. The van der Waals surface area contributed by atoms with Gasteiger partial charge in [-0.2, -0.15) is 0 Å². The zero-order valence-corrected chi connectivity index (χ0v) is 11.8. The van der Waals surface area contributed by atoms with Crippen LogP contribution in [-0.2, 0) is 0 Å². The second-order valence-electron chi connectivity index (χ2n) is 4.57. The van der Waals surface area contributed by atoms with Gasteiger partial charge in [-0.1, -0.05) is 36.4 Å². The van der Waals surface area contributed by atoms with Crippen molar-refractivity contribution in [2.75, 3.05) is 11.9 Å². The zero-order valence-electron chi connectivity index (χ0n) is 11.8. The van der Waals surface area contributed by atoms with Gasteiger partial charge in [0.15, 0.2) is 5.82 Å². The first kappa shape index (κ1) is 13.2. The lowest BCUT2D eigenvalue weighted by atomic mass is 10.1. The minimum absolute atomic E-state index is 0.632. The van der Waals surface area contributed by atoms with Crippen LogP contribution < -0.4 is 5.32 Å². The average Bonchev–Trinajstić information content (AvgIpc) is 2.56. The summed E-state index contributed by atoms with van der Waals surface area (Å²) in [5.41, 5.74) is 2.73. The standard InChI is InChI=1S/C17H16N4/c1-2-18-16-12-15(13-8-4-3-5-9-13)20-17(21-16)14-10-6-7-11-19-14/h3-12H,2H2,1H3,(H,18,20,21). The Labute approximate surface area is 123 Å². The van der Waals surface area contributed by atoms with E-state index in [9.17, 15) is 0 Å². The van der Waals surface area contributed by atoms with Crippen LogP contribution in [0.1, 0.15) is 6.92 Å². The van der Waals surface area contributed by atoms with Crippen LogP contribution in [0.2, 0.25) is 0 Å². The summed E-state index contributed by atoms with van der Waals surface area (Å²) in [7, 11) is 0. The van der Waals surface area contributed by atoms with Crippen LogP contribution in [0.4, 0.5) is 5.82 Å². The lowest BCUT2D eigenvalue weighted by Gasteiger charge is -2.08. The smallest absolute Gasteiger partial charge is 0.180 e. The molecule has 2 aromatic heterocycles. The number of nitrogens with zero attached hydrogens (tertiary/aromatic N) is 3. The van der Waals surface area contributed by atoms with Gasteiger partial charge in [-0.05, 0) is 19.1 Å². The minimum Gasteiger partial charge on any atom is -0.370 e. The summed E-state index contributed by atoms with van der Waals surface area (Å²) in [4.78, 5) is 13.5. The maximum atomic E-state index is 4.64. The maximum absolute atomic E-state index is 4.64. The Bertz CT molecular complexity index is 654. The molecule has 104 valence electrons. The third-order valence-corrected chi connectivity index (χ3v) is 3.05. The van der Waals surface area contributed by atoms with Crippen LogP contribution in [0.5, 0.6) is 0 Å². The largest absolute Gasteiger partial charge is 0.370 e. The van der Waals surface area contributed by atoms with E-state index in [2.05, 4.69) is 20.3 Å². The van der Waals surface area contributed by atoms with Crippen molar-refractivity contribution in [1.29, 1.82) is 0 Å². The summed E-state index contributed by atoms with van der Waals surface area (Å²) in [6.07, 6.45) is 1.75. The number of hydrogen-bond donors (Lipinski definition) is 1. The number of benzene rings is 1. The molecule has 0 spiro atoms. The summed E-state index contributed by atoms with van der Waals surface area (Å²) in [6, 6.07) is 17.8. The van der Waals surface area contributed by atoms with Gasteiger partial charge in [0.1, 0.15) is 11.5 Å². The van der Waals surface area contributed by atoms with E-state index in [-0.39, 0.29) is 0 Å². The molecule has 0 amide bonds. The van der Waals surface area contributed by atoms with Crippen molar-refractivity contribution >= 4 is 5.82 Å². The van der Waals surface area contributed by atoms with Crippen molar-refractivity contribution < 1.29 is 0 Å². The minimum atomic E-state index is 0.632. The van der Waals surface area contributed by atoms with E-state index in [0.717, 1.165) is 29.3 Å². The molecule has 1 aromatic carbocycles. The number of pyridine rings is 1. The predicted molar refractivity (Wildman–Crippen MR) is 84.9 cm³/mol. The van der Waals surface area contributed by atoms with Gasteiger partial charge in [0.25, 0.3) is 0 Å². The Hall–Kier alpha value is -2.75. The molecule has 4 nitrogen and oxygen atoms in total. The van der Waals surface area contributed by atoms with Crippen molar-refractivity contribution in [3.05, 3.63) is 60.8 Å². The van der Waals surface area contributed by atoms with E-state index in [1.165, 1.54) is 0 Å². The van der Waals surface area contributed by atoms with Gasteiger partial charge in [-0.15, -0.1) is 0 Å². The highest BCUT2D eigenvalue weighted by Gasteiger charge is 2.08. The monoisotopic (exact) mass is 276 g/mol. The summed E-state index contributed by atoms with van der Waals surface area (Å²) in [6.45, 7) is 2.86. The van der Waals surface area contributed by atoms with Crippen LogP contribution in [0.25, 0.3) is 22.8 Å². The second-order valence-corrected chi connectivity index (χ2v) is 4.57. The van der Waals surface area contributed by atoms with Gasteiger partial charge in [-0.25, -0.2) is 9.97 Å². The van der Waals surface area contributed by atoms with Crippen LogP contribution in [0.3, 0.4) is 0 Å². The number of hydrogen-bond acceptors (Lipinski definition) is 4. The van der Waals surface area contributed by atoms with Gasteiger partial charge in [-0.3, -0.25) is 4.98 Å². The number of aromatic nitrogens is 3. The molecule has 0 fully saturated rings. The van der Waals surface area contributed by atoms with Crippen molar-refractivity contribution in [2.24, 2.45) is 0 Å². The van der Waals surface area contributed by atoms with Gasteiger partial charge in [0, 0.05) is 24.4 Å². The molecule has 21 heavy (non-hydrogen) atoms. The van der Waals surface area contributed by atoms with E-state index in [4.69, 9.17) is 0 Å². The molecule has 0 atom stereocenters. The fourth-order valence-electron chi connectivity index (χ4n) is 2.09. The molecule has 0 aliphatic heterocycles. The number of rotatable bonds is 4. The summed E-state index contributed by atoms with van der Waals surface area (Å²) in [5.74, 6) is 1.44.